The number of carboxylic acid groups (broad SMARTS) is 2. The highest BCUT2D eigenvalue weighted by Gasteiger charge is 1.97. The Kier molecular flexibility index (Phi) is 26.0. The second-order valence-electron chi connectivity index (χ2n) is 7.32. The van der Waals surface area contributed by atoms with Crippen molar-refractivity contribution in [2.45, 2.75) is 117 Å². The molecule has 0 rings (SSSR count). The van der Waals surface area contributed by atoms with Crippen molar-refractivity contribution >= 4 is 11.9 Å². The van der Waals surface area contributed by atoms with Gasteiger partial charge in [-0.1, -0.05) is 115 Å². The molecule has 0 heterocycles. The normalized spacial score (nSPS) is 10.9. The van der Waals surface area contributed by atoms with Crippen LogP contribution in [0.2, 0.25) is 0 Å². The Morgan fingerprint density at radius 2 is 1.04 bits per heavy atom. The number of carboxylic acids is 2. The molecule has 0 spiro atoms. The van der Waals surface area contributed by atoms with E-state index in [2.05, 4.69) is 6.92 Å². The Balaban J connectivity index is 0. The number of rotatable bonds is 18. The van der Waals surface area contributed by atoms with Crippen LogP contribution in [0.5, 0.6) is 0 Å². The fraction of sp³-hybridized carbons (Fsp3) is 0.750. The first-order valence-electron chi connectivity index (χ1n) is 11.3. The molecular formula is C24H44O4. The molecule has 0 aliphatic rings. The predicted molar refractivity (Wildman–Crippen MR) is 119 cm³/mol. The first-order valence-corrected chi connectivity index (χ1v) is 11.3. The standard InChI is InChI=1S/C18H36O2.C6H8O2/c1-2-3-4-5-6-7-8-9-10-11-12-13-14-15-16-17-18(19)20;1-2-3-4-5-6(7)8/h2-17H2,1H3,(H,19,20);2-5H,1H3,(H,7,8). The molecule has 2 N–H and O–H groups in total. The van der Waals surface area contributed by atoms with Gasteiger partial charge in [-0.2, -0.15) is 0 Å². The van der Waals surface area contributed by atoms with Crippen molar-refractivity contribution in [1.29, 1.82) is 0 Å². The predicted octanol–water partition coefficient (Wildman–Crippen LogP) is 7.54. The molecule has 28 heavy (non-hydrogen) atoms. The van der Waals surface area contributed by atoms with Crippen LogP contribution >= 0.6 is 0 Å². The zero-order valence-electron chi connectivity index (χ0n) is 18.3. The molecule has 0 aliphatic carbocycles. The summed E-state index contributed by atoms with van der Waals surface area (Å²) < 4.78 is 0. The van der Waals surface area contributed by atoms with Crippen LogP contribution in [0.15, 0.2) is 24.3 Å². The van der Waals surface area contributed by atoms with Crippen LogP contribution in [0.4, 0.5) is 0 Å². The average molecular weight is 397 g/mol. The monoisotopic (exact) mass is 396 g/mol. The Hall–Kier alpha value is -1.58. The third-order valence-electron chi connectivity index (χ3n) is 4.54. The fourth-order valence-corrected chi connectivity index (χ4v) is 2.90. The van der Waals surface area contributed by atoms with Gasteiger partial charge in [-0.05, 0) is 13.3 Å². The number of unbranched alkanes of at least 4 members (excludes halogenated alkanes) is 14. The molecular weight excluding hydrogens is 352 g/mol. The zero-order chi connectivity index (χ0) is 21.3. The van der Waals surface area contributed by atoms with Crippen LogP contribution in [0.1, 0.15) is 117 Å². The highest BCUT2D eigenvalue weighted by atomic mass is 16.4. The lowest BCUT2D eigenvalue weighted by molar-refractivity contribution is -0.137. The van der Waals surface area contributed by atoms with Crippen molar-refractivity contribution in [3.05, 3.63) is 24.3 Å². The van der Waals surface area contributed by atoms with Crippen LogP contribution < -0.4 is 0 Å². The van der Waals surface area contributed by atoms with Crippen LogP contribution in [0.3, 0.4) is 0 Å². The summed E-state index contributed by atoms with van der Waals surface area (Å²) in [5.41, 5.74) is 0. The van der Waals surface area contributed by atoms with E-state index in [0.29, 0.717) is 6.42 Å². The van der Waals surface area contributed by atoms with Gasteiger partial charge >= 0.3 is 11.9 Å². The van der Waals surface area contributed by atoms with E-state index in [4.69, 9.17) is 10.2 Å². The first-order chi connectivity index (χ1) is 13.5. The van der Waals surface area contributed by atoms with Gasteiger partial charge in [0.2, 0.25) is 0 Å². The van der Waals surface area contributed by atoms with Gasteiger partial charge in [0.15, 0.2) is 0 Å². The molecule has 0 fully saturated rings. The lowest BCUT2D eigenvalue weighted by Crippen LogP contribution is -1.93. The van der Waals surface area contributed by atoms with Gasteiger partial charge in [0.1, 0.15) is 0 Å². The summed E-state index contributed by atoms with van der Waals surface area (Å²) in [6, 6.07) is 0. The largest absolute Gasteiger partial charge is 0.481 e. The van der Waals surface area contributed by atoms with Gasteiger partial charge in [0, 0.05) is 12.5 Å². The Morgan fingerprint density at radius 3 is 1.36 bits per heavy atom. The maximum atomic E-state index is 10.3. The molecule has 0 amide bonds. The molecule has 0 bridgehead atoms. The number of aliphatic carboxylic acids is 2. The second kappa shape index (κ2) is 25.4. The summed E-state index contributed by atoms with van der Waals surface area (Å²) in [5, 5.41) is 16.5. The molecule has 0 saturated heterocycles. The van der Waals surface area contributed by atoms with E-state index < -0.39 is 11.9 Å². The third kappa shape index (κ3) is 32.1. The lowest BCUT2D eigenvalue weighted by atomic mass is 10.0. The molecule has 0 aromatic heterocycles. The average Bonchev–Trinajstić information content (AvgIpc) is 2.65. The van der Waals surface area contributed by atoms with Crippen molar-refractivity contribution in [3.8, 4) is 0 Å². The summed E-state index contributed by atoms with van der Waals surface area (Å²) >= 11 is 0. The van der Waals surface area contributed by atoms with Gasteiger partial charge in [-0.25, -0.2) is 4.79 Å². The van der Waals surface area contributed by atoms with Crippen molar-refractivity contribution in [2.75, 3.05) is 0 Å². The van der Waals surface area contributed by atoms with E-state index in [9.17, 15) is 9.59 Å². The minimum Gasteiger partial charge on any atom is -0.481 e. The second-order valence-corrected chi connectivity index (χ2v) is 7.32. The molecule has 0 aliphatic heterocycles. The maximum absolute atomic E-state index is 10.3. The molecule has 4 heteroatoms. The summed E-state index contributed by atoms with van der Waals surface area (Å²) in [5.74, 6) is -1.57. The summed E-state index contributed by atoms with van der Waals surface area (Å²) in [6.07, 6.45) is 26.2. The van der Waals surface area contributed by atoms with Crippen molar-refractivity contribution in [3.63, 3.8) is 0 Å². The smallest absolute Gasteiger partial charge is 0.328 e. The highest BCUT2D eigenvalue weighted by Crippen LogP contribution is 2.13. The highest BCUT2D eigenvalue weighted by molar-refractivity contribution is 5.80. The van der Waals surface area contributed by atoms with E-state index in [1.54, 1.807) is 12.2 Å². The maximum Gasteiger partial charge on any atom is 0.328 e. The van der Waals surface area contributed by atoms with Gasteiger partial charge in [0.25, 0.3) is 0 Å². The van der Waals surface area contributed by atoms with Gasteiger partial charge < -0.3 is 10.2 Å². The van der Waals surface area contributed by atoms with E-state index in [1.807, 2.05) is 6.92 Å². The van der Waals surface area contributed by atoms with E-state index >= 15 is 0 Å². The molecule has 0 aromatic rings. The Bertz CT molecular complexity index is 399. The minimum absolute atomic E-state index is 0.345. The molecule has 164 valence electrons. The van der Waals surface area contributed by atoms with Crippen molar-refractivity contribution < 1.29 is 19.8 Å². The summed E-state index contributed by atoms with van der Waals surface area (Å²) in [7, 11) is 0. The number of hydrogen-bond donors (Lipinski definition) is 2. The Morgan fingerprint density at radius 1 is 0.643 bits per heavy atom. The van der Waals surface area contributed by atoms with Gasteiger partial charge in [0.05, 0.1) is 0 Å². The quantitative estimate of drug-likeness (QED) is 0.143. The molecule has 0 radical (unpaired) electrons. The SMILES string of the molecule is CC=CC=CC(=O)O.CCCCCCCCCCCCCCCCCC(=O)O. The number of allylic oxidation sites excluding steroid dienone is 3. The van der Waals surface area contributed by atoms with Crippen LogP contribution in [0.25, 0.3) is 0 Å². The topological polar surface area (TPSA) is 74.6 Å². The van der Waals surface area contributed by atoms with Crippen LogP contribution in [0, 0.1) is 0 Å². The van der Waals surface area contributed by atoms with E-state index in [-0.39, 0.29) is 0 Å². The number of hydrogen-bond acceptors (Lipinski definition) is 2. The molecule has 0 aromatic carbocycles. The zero-order valence-corrected chi connectivity index (χ0v) is 18.3. The molecule has 0 atom stereocenters. The third-order valence-corrected chi connectivity index (χ3v) is 4.54. The summed E-state index contributed by atoms with van der Waals surface area (Å²) in [4.78, 5) is 20.1. The minimum atomic E-state index is -0.914. The van der Waals surface area contributed by atoms with Gasteiger partial charge in [-0.15, -0.1) is 0 Å². The molecule has 0 saturated carbocycles. The van der Waals surface area contributed by atoms with Crippen molar-refractivity contribution in [2.24, 2.45) is 0 Å². The molecule has 0 unspecified atom stereocenters. The first kappa shape index (κ1) is 28.6. The Labute approximate surface area is 173 Å². The number of carbonyl (C=O) groups is 2. The summed E-state index contributed by atoms with van der Waals surface area (Å²) in [6.45, 7) is 4.10. The van der Waals surface area contributed by atoms with Crippen molar-refractivity contribution in [1.82, 2.24) is 0 Å². The molecule has 4 nitrogen and oxygen atoms in total. The fourth-order valence-electron chi connectivity index (χ4n) is 2.90. The van der Waals surface area contributed by atoms with E-state index in [0.717, 1.165) is 18.9 Å². The lowest BCUT2D eigenvalue weighted by Gasteiger charge is -2.03. The van der Waals surface area contributed by atoms with Gasteiger partial charge in [-0.3, -0.25) is 4.79 Å². The van der Waals surface area contributed by atoms with E-state index in [1.165, 1.54) is 89.5 Å². The van der Waals surface area contributed by atoms with Crippen LogP contribution in [-0.2, 0) is 9.59 Å². The van der Waals surface area contributed by atoms with Crippen LogP contribution in [-0.4, -0.2) is 22.2 Å².